The predicted octanol–water partition coefficient (Wildman–Crippen LogP) is 1.41. The van der Waals surface area contributed by atoms with Crippen molar-refractivity contribution < 1.29 is 9.90 Å². The van der Waals surface area contributed by atoms with Gasteiger partial charge in [-0.2, -0.15) is 0 Å². The summed E-state index contributed by atoms with van der Waals surface area (Å²) in [5.41, 5.74) is 0. The summed E-state index contributed by atoms with van der Waals surface area (Å²) < 4.78 is 0. The minimum absolute atomic E-state index is 0.188. The number of amides is 1. The average Bonchev–Trinajstić information content (AvgIpc) is 2.14. The third kappa shape index (κ3) is 5.64. The zero-order valence-electron chi connectivity index (χ0n) is 8.75. The molecular formula is C10H21NO2. The molecular weight excluding hydrogens is 166 g/mol. The van der Waals surface area contributed by atoms with Gasteiger partial charge in [-0.3, -0.25) is 4.79 Å². The van der Waals surface area contributed by atoms with Gasteiger partial charge in [0, 0.05) is 26.1 Å². The van der Waals surface area contributed by atoms with Crippen LogP contribution in [0.3, 0.4) is 0 Å². The van der Waals surface area contributed by atoms with Crippen LogP contribution < -0.4 is 0 Å². The van der Waals surface area contributed by atoms with E-state index in [-0.39, 0.29) is 12.5 Å². The molecule has 0 heterocycles. The Kier molecular flexibility index (Phi) is 7.69. The van der Waals surface area contributed by atoms with Crippen LogP contribution in [0.4, 0.5) is 0 Å². The summed E-state index contributed by atoms with van der Waals surface area (Å²) in [4.78, 5) is 13.4. The van der Waals surface area contributed by atoms with Crippen molar-refractivity contribution in [1.29, 1.82) is 0 Å². The molecule has 78 valence electrons. The summed E-state index contributed by atoms with van der Waals surface area (Å²) in [6.45, 7) is 5.91. The molecule has 0 aliphatic carbocycles. The molecule has 0 unspecified atom stereocenters. The third-order valence-electron chi connectivity index (χ3n) is 2.03. The first-order valence-electron chi connectivity index (χ1n) is 5.14. The first-order chi connectivity index (χ1) is 6.26. The minimum atomic E-state index is 0.188. The Morgan fingerprint density at radius 1 is 1.31 bits per heavy atom. The molecule has 0 rings (SSSR count). The summed E-state index contributed by atoms with van der Waals surface area (Å²) in [5, 5.41) is 8.55. The molecule has 13 heavy (non-hydrogen) atoms. The van der Waals surface area contributed by atoms with Gasteiger partial charge in [-0.25, -0.2) is 0 Å². The molecule has 1 amide bonds. The molecule has 0 aliphatic heterocycles. The second-order valence-electron chi connectivity index (χ2n) is 3.15. The van der Waals surface area contributed by atoms with E-state index in [9.17, 15) is 4.79 Å². The summed E-state index contributed by atoms with van der Waals surface area (Å²) in [7, 11) is 0. The first-order valence-corrected chi connectivity index (χ1v) is 5.14. The van der Waals surface area contributed by atoms with E-state index >= 15 is 0 Å². The lowest BCUT2D eigenvalue weighted by atomic mass is 10.2. The molecule has 0 aromatic rings. The van der Waals surface area contributed by atoms with Gasteiger partial charge < -0.3 is 10.0 Å². The van der Waals surface area contributed by atoms with E-state index in [0.29, 0.717) is 6.42 Å². The van der Waals surface area contributed by atoms with Crippen LogP contribution in [0.25, 0.3) is 0 Å². The summed E-state index contributed by atoms with van der Waals surface area (Å²) in [6.07, 6.45) is 3.12. The zero-order valence-corrected chi connectivity index (χ0v) is 8.75. The molecule has 0 radical (unpaired) electrons. The van der Waals surface area contributed by atoms with Gasteiger partial charge in [0.1, 0.15) is 0 Å². The van der Waals surface area contributed by atoms with Crippen molar-refractivity contribution in [2.24, 2.45) is 0 Å². The smallest absolute Gasteiger partial charge is 0.222 e. The van der Waals surface area contributed by atoms with Crippen molar-refractivity contribution >= 4 is 5.91 Å². The highest BCUT2D eigenvalue weighted by Crippen LogP contribution is 2.01. The Morgan fingerprint density at radius 3 is 2.46 bits per heavy atom. The van der Waals surface area contributed by atoms with Crippen LogP contribution in [0.2, 0.25) is 0 Å². The molecule has 0 aromatic carbocycles. The monoisotopic (exact) mass is 187 g/mol. The average molecular weight is 187 g/mol. The Bertz CT molecular complexity index is 137. The molecule has 0 spiro atoms. The second kappa shape index (κ2) is 8.05. The molecule has 0 fully saturated rings. The van der Waals surface area contributed by atoms with Gasteiger partial charge >= 0.3 is 0 Å². The fourth-order valence-electron chi connectivity index (χ4n) is 1.28. The summed E-state index contributed by atoms with van der Waals surface area (Å²) in [5.74, 6) is 0.220. The van der Waals surface area contributed by atoms with Crippen LogP contribution in [0.15, 0.2) is 0 Å². The molecule has 0 aromatic heterocycles. The van der Waals surface area contributed by atoms with E-state index in [1.165, 1.54) is 0 Å². The molecule has 0 bridgehead atoms. The van der Waals surface area contributed by atoms with E-state index < -0.39 is 0 Å². The molecule has 0 atom stereocenters. The zero-order chi connectivity index (χ0) is 10.1. The number of carbonyl (C=O) groups excluding carboxylic acids is 1. The van der Waals surface area contributed by atoms with E-state index in [1.54, 1.807) is 0 Å². The predicted molar refractivity (Wildman–Crippen MR) is 53.5 cm³/mol. The van der Waals surface area contributed by atoms with Crippen molar-refractivity contribution in [3.8, 4) is 0 Å². The number of aliphatic hydroxyl groups is 1. The van der Waals surface area contributed by atoms with Gasteiger partial charge in [-0.05, 0) is 26.2 Å². The van der Waals surface area contributed by atoms with Crippen molar-refractivity contribution in [2.45, 2.75) is 39.5 Å². The molecule has 3 nitrogen and oxygen atoms in total. The second-order valence-corrected chi connectivity index (χ2v) is 3.15. The maximum Gasteiger partial charge on any atom is 0.222 e. The number of hydrogen-bond acceptors (Lipinski definition) is 2. The number of unbranched alkanes of at least 4 members (excludes halogenated alkanes) is 1. The van der Waals surface area contributed by atoms with Crippen LogP contribution in [0.5, 0.6) is 0 Å². The fraction of sp³-hybridized carbons (Fsp3) is 0.900. The summed E-state index contributed by atoms with van der Waals surface area (Å²) in [6, 6.07) is 0. The lowest BCUT2D eigenvalue weighted by Gasteiger charge is -2.19. The Hall–Kier alpha value is -0.570. The van der Waals surface area contributed by atoms with Crippen LogP contribution in [0.1, 0.15) is 39.5 Å². The van der Waals surface area contributed by atoms with E-state index in [0.717, 1.165) is 32.4 Å². The lowest BCUT2D eigenvalue weighted by Crippen LogP contribution is -2.31. The normalized spacial score (nSPS) is 10.1. The molecule has 0 aliphatic rings. The van der Waals surface area contributed by atoms with Crippen molar-refractivity contribution in [1.82, 2.24) is 4.90 Å². The minimum Gasteiger partial charge on any atom is -0.396 e. The van der Waals surface area contributed by atoms with Gasteiger partial charge in [0.15, 0.2) is 0 Å². The van der Waals surface area contributed by atoms with Crippen molar-refractivity contribution in [3.63, 3.8) is 0 Å². The van der Waals surface area contributed by atoms with Crippen LogP contribution in [-0.4, -0.2) is 35.6 Å². The number of aliphatic hydroxyl groups excluding tert-OH is 1. The van der Waals surface area contributed by atoms with Crippen LogP contribution in [-0.2, 0) is 4.79 Å². The SMILES string of the molecule is CCCN(CC)C(=O)CCCCO. The maximum absolute atomic E-state index is 11.5. The van der Waals surface area contributed by atoms with Crippen molar-refractivity contribution in [2.75, 3.05) is 19.7 Å². The van der Waals surface area contributed by atoms with Crippen molar-refractivity contribution in [3.05, 3.63) is 0 Å². The fourth-order valence-corrected chi connectivity index (χ4v) is 1.28. The topological polar surface area (TPSA) is 40.5 Å². The first kappa shape index (κ1) is 12.4. The molecule has 3 heteroatoms. The number of carbonyl (C=O) groups is 1. The highest BCUT2D eigenvalue weighted by atomic mass is 16.2. The van der Waals surface area contributed by atoms with Crippen LogP contribution in [0, 0.1) is 0 Å². The molecule has 0 saturated carbocycles. The number of nitrogens with zero attached hydrogens (tertiary/aromatic N) is 1. The Morgan fingerprint density at radius 2 is 2.00 bits per heavy atom. The molecule has 1 N–H and O–H groups in total. The van der Waals surface area contributed by atoms with Gasteiger partial charge in [0.25, 0.3) is 0 Å². The highest BCUT2D eigenvalue weighted by Gasteiger charge is 2.08. The Balaban J connectivity index is 3.64. The van der Waals surface area contributed by atoms with Gasteiger partial charge in [0.05, 0.1) is 0 Å². The van der Waals surface area contributed by atoms with Gasteiger partial charge in [0.2, 0.25) is 5.91 Å². The van der Waals surface area contributed by atoms with Gasteiger partial charge in [-0.1, -0.05) is 6.92 Å². The van der Waals surface area contributed by atoms with Gasteiger partial charge in [-0.15, -0.1) is 0 Å². The lowest BCUT2D eigenvalue weighted by molar-refractivity contribution is -0.131. The number of hydrogen-bond donors (Lipinski definition) is 1. The molecule has 0 saturated heterocycles. The third-order valence-corrected chi connectivity index (χ3v) is 2.03. The Labute approximate surface area is 80.7 Å². The highest BCUT2D eigenvalue weighted by molar-refractivity contribution is 5.76. The van der Waals surface area contributed by atoms with Crippen LogP contribution >= 0.6 is 0 Å². The standard InChI is InChI=1S/C10H21NO2/c1-3-8-11(4-2)10(13)7-5-6-9-12/h12H,3-9H2,1-2H3. The summed E-state index contributed by atoms with van der Waals surface area (Å²) >= 11 is 0. The van der Waals surface area contributed by atoms with E-state index in [4.69, 9.17) is 5.11 Å². The quantitative estimate of drug-likeness (QED) is 0.612. The van der Waals surface area contributed by atoms with E-state index in [2.05, 4.69) is 6.92 Å². The number of rotatable bonds is 7. The maximum atomic E-state index is 11.5. The largest absolute Gasteiger partial charge is 0.396 e. The van der Waals surface area contributed by atoms with E-state index in [1.807, 2.05) is 11.8 Å².